The van der Waals surface area contributed by atoms with Gasteiger partial charge in [0.15, 0.2) is 5.82 Å². The van der Waals surface area contributed by atoms with Gasteiger partial charge in [-0.25, -0.2) is 9.50 Å². The highest BCUT2D eigenvalue weighted by atomic mass is 15.3. The summed E-state index contributed by atoms with van der Waals surface area (Å²) in [6.07, 6.45) is 5.65. The number of aryl methyl sites for hydroxylation is 1. The lowest BCUT2D eigenvalue weighted by molar-refractivity contribution is 0.699. The van der Waals surface area contributed by atoms with Crippen LogP contribution in [0.15, 0.2) is 36.8 Å². The molecule has 0 aliphatic rings. The summed E-state index contributed by atoms with van der Waals surface area (Å²) < 4.78 is 3.86. The molecule has 6 heteroatoms. The number of rotatable bonds is 4. The van der Waals surface area contributed by atoms with E-state index in [9.17, 15) is 0 Å². The number of pyridine rings is 1. The summed E-state index contributed by atoms with van der Waals surface area (Å²) in [5.74, 6) is 1.73. The van der Waals surface area contributed by atoms with Crippen molar-refractivity contribution in [2.75, 3.05) is 17.6 Å². The van der Waals surface area contributed by atoms with Crippen LogP contribution in [0.3, 0.4) is 0 Å². The predicted octanol–water partition coefficient (Wildman–Crippen LogP) is 1.53. The van der Waals surface area contributed by atoms with Gasteiger partial charge in [0.25, 0.3) is 0 Å². The van der Waals surface area contributed by atoms with Gasteiger partial charge in [0.05, 0.1) is 5.52 Å². The van der Waals surface area contributed by atoms with Crippen LogP contribution < -0.4 is 11.1 Å². The maximum atomic E-state index is 6.06. The molecule has 0 fully saturated rings. The highest BCUT2D eigenvalue weighted by molar-refractivity contribution is 5.80. The molecule has 3 aromatic heterocycles. The lowest BCUT2D eigenvalue weighted by atomic mass is 10.3. The van der Waals surface area contributed by atoms with Crippen molar-refractivity contribution >= 4 is 17.0 Å². The first-order valence-electron chi connectivity index (χ1n) is 6.20. The predicted molar refractivity (Wildman–Crippen MR) is 75.1 cm³/mol. The summed E-state index contributed by atoms with van der Waals surface area (Å²) in [6.45, 7) is 3.57. The van der Waals surface area contributed by atoms with Gasteiger partial charge < -0.3 is 15.6 Å². The molecule has 0 amide bonds. The number of nitrogens with one attached hydrogen (secondary N) is 1. The second-order valence-electron chi connectivity index (χ2n) is 4.39. The molecule has 6 nitrogen and oxygen atoms in total. The summed E-state index contributed by atoms with van der Waals surface area (Å²) in [6, 6.07) is 5.83. The normalized spacial score (nSPS) is 11.0. The van der Waals surface area contributed by atoms with E-state index in [-0.39, 0.29) is 0 Å². The summed E-state index contributed by atoms with van der Waals surface area (Å²) in [4.78, 5) is 4.19. The molecule has 0 atom stereocenters. The smallest absolute Gasteiger partial charge is 0.172 e. The first kappa shape index (κ1) is 11.6. The maximum Gasteiger partial charge on any atom is 0.172 e. The van der Waals surface area contributed by atoms with E-state index in [0.717, 1.165) is 30.2 Å². The lowest BCUT2D eigenvalue weighted by Gasteiger charge is -2.06. The summed E-state index contributed by atoms with van der Waals surface area (Å²) in [5.41, 5.74) is 7.67. The fourth-order valence-electron chi connectivity index (χ4n) is 2.08. The van der Waals surface area contributed by atoms with Crippen molar-refractivity contribution in [3.63, 3.8) is 0 Å². The summed E-state index contributed by atoms with van der Waals surface area (Å²) in [7, 11) is 0. The summed E-state index contributed by atoms with van der Waals surface area (Å²) >= 11 is 0. The number of imidazole rings is 1. The van der Waals surface area contributed by atoms with Crippen LogP contribution >= 0.6 is 0 Å². The van der Waals surface area contributed by atoms with Crippen LogP contribution in [0.1, 0.15) is 5.82 Å². The Morgan fingerprint density at radius 3 is 2.95 bits per heavy atom. The Bertz CT molecular complexity index is 696. The Hall–Kier alpha value is -2.50. The van der Waals surface area contributed by atoms with Gasteiger partial charge in [0, 0.05) is 31.7 Å². The van der Waals surface area contributed by atoms with Crippen LogP contribution in [0, 0.1) is 6.92 Å². The average Bonchev–Trinajstić information content (AvgIpc) is 2.96. The Morgan fingerprint density at radius 2 is 2.21 bits per heavy atom. The highest BCUT2D eigenvalue weighted by Crippen LogP contribution is 2.22. The second-order valence-corrected chi connectivity index (χ2v) is 4.39. The molecule has 3 heterocycles. The van der Waals surface area contributed by atoms with Crippen LogP contribution in [0.4, 0.5) is 11.5 Å². The Labute approximate surface area is 110 Å². The molecule has 0 saturated carbocycles. The monoisotopic (exact) mass is 256 g/mol. The van der Waals surface area contributed by atoms with Crippen molar-refractivity contribution in [3.05, 3.63) is 42.6 Å². The third-order valence-electron chi connectivity index (χ3n) is 3.15. The van der Waals surface area contributed by atoms with Crippen molar-refractivity contribution < 1.29 is 0 Å². The molecular formula is C13H16N6. The van der Waals surface area contributed by atoms with E-state index in [1.807, 2.05) is 37.5 Å². The standard InChI is InChI=1S/C13H16N6/c1-10-15-5-8-18(10)9-6-16-13-12(14)11-4-2-3-7-19(11)17-13/h2-5,7-8H,6,9,14H2,1H3,(H,16,17). The van der Waals surface area contributed by atoms with Crippen LogP contribution in [-0.4, -0.2) is 25.7 Å². The maximum absolute atomic E-state index is 6.06. The molecule has 0 spiro atoms. The van der Waals surface area contributed by atoms with Gasteiger partial charge in [0.2, 0.25) is 0 Å². The Kier molecular flexibility index (Phi) is 2.83. The van der Waals surface area contributed by atoms with E-state index in [2.05, 4.69) is 20.0 Å². The number of nitrogens with zero attached hydrogens (tertiary/aromatic N) is 4. The van der Waals surface area contributed by atoms with Gasteiger partial charge in [-0.05, 0) is 19.1 Å². The van der Waals surface area contributed by atoms with Crippen LogP contribution in [-0.2, 0) is 6.54 Å². The molecule has 0 aliphatic carbocycles. The first-order valence-corrected chi connectivity index (χ1v) is 6.20. The quantitative estimate of drug-likeness (QED) is 0.742. The van der Waals surface area contributed by atoms with Crippen molar-refractivity contribution in [1.82, 2.24) is 19.2 Å². The molecule has 0 unspecified atom stereocenters. The third-order valence-corrected chi connectivity index (χ3v) is 3.15. The van der Waals surface area contributed by atoms with E-state index in [1.54, 1.807) is 10.7 Å². The van der Waals surface area contributed by atoms with Gasteiger partial charge in [-0.2, -0.15) is 0 Å². The van der Waals surface area contributed by atoms with Gasteiger partial charge in [0.1, 0.15) is 11.5 Å². The fourth-order valence-corrected chi connectivity index (χ4v) is 2.08. The molecule has 0 aromatic carbocycles. The number of fused-ring (bicyclic) bond motifs is 1. The molecular weight excluding hydrogens is 240 g/mol. The minimum Gasteiger partial charge on any atom is -0.394 e. The molecule has 0 radical (unpaired) electrons. The van der Waals surface area contributed by atoms with Crippen molar-refractivity contribution in [1.29, 1.82) is 0 Å². The van der Waals surface area contributed by atoms with Gasteiger partial charge in [-0.1, -0.05) is 6.07 Å². The van der Waals surface area contributed by atoms with E-state index in [0.29, 0.717) is 5.69 Å². The Balaban J connectivity index is 1.72. The van der Waals surface area contributed by atoms with Crippen molar-refractivity contribution in [2.24, 2.45) is 0 Å². The number of nitrogen functional groups attached to an aromatic ring is 1. The SMILES string of the molecule is Cc1nccn1CCNc1nn2ccccc2c1N. The fraction of sp³-hybridized carbons (Fsp3) is 0.231. The molecule has 3 N–H and O–H groups in total. The number of nitrogens with two attached hydrogens (primary N) is 1. The number of aromatic nitrogens is 4. The van der Waals surface area contributed by atoms with E-state index in [1.165, 1.54) is 0 Å². The molecule has 98 valence electrons. The number of hydrogen-bond donors (Lipinski definition) is 2. The summed E-state index contributed by atoms with van der Waals surface area (Å²) in [5, 5.41) is 7.67. The van der Waals surface area contributed by atoms with Crippen LogP contribution in [0.2, 0.25) is 0 Å². The molecule has 19 heavy (non-hydrogen) atoms. The number of anilines is 2. The van der Waals surface area contributed by atoms with E-state index in [4.69, 9.17) is 5.73 Å². The highest BCUT2D eigenvalue weighted by Gasteiger charge is 2.08. The molecule has 3 rings (SSSR count). The second kappa shape index (κ2) is 4.64. The molecule has 0 saturated heterocycles. The van der Waals surface area contributed by atoms with Crippen LogP contribution in [0.25, 0.3) is 5.52 Å². The zero-order valence-corrected chi connectivity index (χ0v) is 10.7. The lowest BCUT2D eigenvalue weighted by Crippen LogP contribution is -2.12. The van der Waals surface area contributed by atoms with E-state index >= 15 is 0 Å². The average molecular weight is 256 g/mol. The first-order chi connectivity index (χ1) is 9.25. The third kappa shape index (κ3) is 2.12. The number of hydrogen-bond acceptors (Lipinski definition) is 4. The topological polar surface area (TPSA) is 73.2 Å². The van der Waals surface area contributed by atoms with Crippen LogP contribution in [0.5, 0.6) is 0 Å². The van der Waals surface area contributed by atoms with Gasteiger partial charge >= 0.3 is 0 Å². The zero-order valence-electron chi connectivity index (χ0n) is 10.7. The van der Waals surface area contributed by atoms with Crippen molar-refractivity contribution in [2.45, 2.75) is 13.5 Å². The van der Waals surface area contributed by atoms with Crippen molar-refractivity contribution in [3.8, 4) is 0 Å². The molecule has 0 bridgehead atoms. The minimum atomic E-state index is 0.683. The minimum absolute atomic E-state index is 0.683. The largest absolute Gasteiger partial charge is 0.394 e. The van der Waals surface area contributed by atoms with E-state index < -0.39 is 0 Å². The Morgan fingerprint density at radius 1 is 1.32 bits per heavy atom. The molecule has 3 aromatic rings. The zero-order chi connectivity index (χ0) is 13.2. The van der Waals surface area contributed by atoms with Gasteiger partial charge in [-0.15, -0.1) is 5.10 Å². The van der Waals surface area contributed by atoms with Gasteiger partial charge in [-0.3, -0.25) is 0 Å². The molecule has 0 aliphatic heterocycles.